The lowest BCUT2D eigenvalue weighted by Gasteiger charge is -2.22. The monoisotopic (exact) mass is 534 g/mol. The number of anilines is 2. The van der Waals surface area contributed by atoms with Crippen molar-refractivity contribution in [2.75, 3.05) is 44.4 Å². The summed E-state index contributed by atoms with van der Waals surface area (Å²) in [5.41, 5.74) is 5.47. The quantitative estimate of drug-likeness (QED) is 0.243. The first-order chi connectivity index (χ1) is 19.0. The Morgan fingerprint density at radius 2 is 1.41 bits per heavy atom. The van der Waals surface area contributed by atoms with E-state index in [0.717, 1.165) is 51.2 Å². The van der Waals surface area contributed by atoms with Gasteiger partial charge in [-0.1, -0.05) is 84.1 Å². The molecule has 0 spiro atoms. The smallest absolute Gasteiger partial charge is 0.274 e. The average Bonchev–Trinajstić information content (AvgIpc) is 3.47. The normalized spacial score (nSPS) is 11.0. The van der Waals surface area contributed by atoms with Crippen LogP contribution in [0.15, 0.2) is 97.1 Å². The van der Waals surface area contributed by atoms with Gasteiger partial charge in [-0.3, -0.25) is 4.79 Å². The van der Waals surface area contributed by atoms with Crippen molar-refractivity contribution in [2.24, 2.45) is 0 Å². The van der Waals surface area contributed by atoms with E-state index in [2.05, 4.69) is 25.3 Å². The Labute approximate surface area is 232 Å². The summed E-state index contributed by atoms with van der Waals surface area (Å²) in [5, 5.41) is 13.4. The first-order valence-corrected chi connectivity index (χ1v) is 13.5. The Kier molecular flexibility index (Phi) is 8.05. The Bertz CT molecular complexity index is 1550. The van der Waals surface area contributed by atoms with Crippen molar-refractivity contribution < 1.29 is 4.79 Å². The number of nitrogens with one attached hydrogen (secondary N) is 1. The van der Waals surface area contributed by atoms with Gasteiger partial charge in [0.15, 0.2) is 0 Å². The molecule has 0 aliphatic heterocycles. The van der Waals surface area contributed by atoms with Gasteiger partial charge in [0, 0.05) is 42.5 Å². The van der Waals surface area contributed by atoms with E-state index in [0.29, 0.717) is 11.4 Å². The van der Waals surface area contributed by atoms with Crippen LogP contribution in [0.1, 0.15) is 10.5 Å². The molecule has 5 rings (SSSR count). The van der Waals surface area contributed by atoms with Crippen LogP contribution in [0.3, 0.4) is 0 Å². The predicted molar refractivity (Wildman–Crippen MR) is 160 cm³/mol. The number of amides is 1. The molecule has 7 nitrogen and oxygen atoms in total. The number of para-hydroxylation sites is 1. The summed E-state index contributed by atoms with van der Waals surface area (Å²) in [7, 11) is 6.13. The van der Waals surface area contributed by atoms with Gasteiger partial charge in [0.05, 0.1) is 11.4 Å². The molecule has 0 saturated heterocycles. The van der Waals surface area contributed by atoms with E-state index in [1.54, 1.807) is 0 Å². The van der Waals surface area contributed by atoms with E-state index in [9.17, 15) is 4.79 Å². The van der Waals surface area contributed by atoms with E-state index in [1.165, 1.54) is 11.3 Å². The molecule has 0 unspecified atom stereocenters. The average molecular weight is 535 g/mol. The second-order valence-electron chi connectivity index (χ2n) is 9.46. The molecule has 1 N–H and O–H groups in total. The summed E-state index contributed by atoms with van der Waals surface area (Å²) in [6.45, 7) is 1.71. The third-order valence-corrected chi connectivity index (χ3v) is 7.29. The fourth-order valence-corrected chi connectivity index (χ4v) is 4.97. The summed E-state index contributed by atoms with van der Waals surface area (Å²) in [5.74, 6) is -0.282. The zero-order valence-corrected chi connectivity index (χ0v) is 23.0. The minimum absolute atomic E-state index is 0.282. The number of pyridine rings is 1. The second kappa shape index (κ2) is 12.0. The van der Waals surface area contributed by atoms with Crippen LogP contribution in [0, 0.1) is 0 Å². The zero-order valence-electron chi connectivity index (χ0n) is 22.2. The molecular weight excluding hydrogens is 504 g/mol. The number of benzene rings is 3. The highest BCUT2D eigenvalue weighted by atomic mass is 32.1. The van der Waals surface area contributed by atoms with E-state index in [1.807, 2.05) is 118 Å². The summed E-state index contributed by atoms with van der Waals surface area (Å²) in [6.07, 6.45) is 0. The molecule has 5 aromatic rings. The van der Waals surface area contributed by atoms with Crippen LogP contribution in [-0.2, 0) is 0 Å². The first-order valence-electron chi connectivity index (χ1n) is 12.7. The lowest BCUT2D eigenvalue weighted by atomic mass is 10.1. The predicted octanol–water partition coefficient (Wildman–Crippen LogP) is 6.18. The minimum Gasteiger partial charge on any atom is -0.373 e. The summed E-state index contributed by atoms with van der Waals surface area (Å²) in [6, 6.07) is 31.4. The third kappa shape index (κ3) is 6.37. The van der Waals surface area contributed by atoms with Gasteiger partial charge in [-0.05, 0) is 38.4 Å². The van der Waals surface area contributed by atoms with E-state index < -0.39 is 0 Å². The molecule has 0 aliphatic carbocycles. The number of aromatic nitrogens is 3. The number of likely N-dealkylation sites (N-methyl/N-ethyl adjacent to an activating group) is 2. The maximum atomic E-state index is 13.6. The van der Waals surface area contributed by atoms with Crippen LogP contribution in [0.5, 0.6) is 0 Å². The molecule has 8 heteroatoms. The molecule has 0 saturated carbocycles. The Balaban J connectivity index is 1.46. The van der Waals surface area contributed by atoms with E-state index in [-0.39, 0.29) is 5.91 Å². The van der Waals surface area contributed by atoms with Crippen molar-refractivity contribution in [3.8, 4) is 32.4 Å². The number of rotatable bonds is 9. The molecule has 2 aromatic heterocycles. The van der Waals surface area contributed by atoms with Crippen molar-refractivity contribution in [2.45, 2.75) is 0 Å². The number of hydrogen-bond donors (Lipinski definition) is 1. The topological polar surface area (TPSA) is 74.2 Å². The van der Waals surface area contributed by atoms with Crippen molar-refractivity contribution in [3.63, 3.8) is 0 Å². The van der Waals surface area contributed by atoms with Gasteiger partial charge in [-0.25, -0.2) is 4.98 Å². The number of nitrogens with zero attached hydrogens (tertiary/aromatic N) is 5. The Morgan fingerprint density at radius 3 is 2.13 bits per heavy atom. The molecule has 1 amide bonds. The Hall–Kier alpha value is -4.40. The molecule has 2 heterocycles. The van der Waals surface area contributed by atoms with Crippen molar-refractivity contribution in [1.82, 2.24) is 20.1 Å². The van der Waals surface area contributed by atoms with Crippen molar-refractivity contribution in [1.29, 1.82) is 0 Å². The fourth-order valence-electron chi connectivity index (χ4n) is 4.08. The van der Waals surface area contributed by atoms with Gasteiger partial charge in [-0.15, -0.1) is 10.2 Å². The molecule has 0 bridgehead atoms. The van der Waals surface area contributed by atoms with Crippen molar-refractivity contribution >= 4 is 28.6 Å². The largest absolute Gasteiger partial charge is 0.373 e. The maximum Gasteiger partial charge on any atom is 0.274 e. The minimum atomic E-state index is -0.282. The van der Waals surface area contributed by atoms with Gasteiger partial charge in [0.25, 0.3) is 5.91 Å². The maximum absolute atomic E-state index is 13.6. The SMILES string of the molecule is CN(C)CCN(C)c1cc(C(=O)Nc2ccccc2-c2nnc(-c3ccccc3)s2)nc(-c2ccccc2)c1. The van der Waals surface area contributed by atoms with Crippen LogP contribution < -0.4 is 10.2 Å². The molecule has 196 valence electrons. The van der Waals surface area contributed by atoms with Crippen LogP contribution >= 0.6 is 11.3 Å². The van der Waals surface area contributed by atoms with Crippen LogP contribution in [0.2, 0.25) is 0 Å². The highest BCUT2D eigenvalue weighted by Crippen LogP contribution is 2.34. The molecule has 3 aromatic carbocycles. The highest BCUT2D eigenvalue weighted by Gasteiger charge is 2.18. The summed E-state index contributed by atoms with van der Waals surface area (Å²) < 4.78 is 0. The van der Waals surface area contributed by atoms with Gasteiger partial charge < -0.3 is 15.1 Å². The Morgan fingerprint density at radius 1 is 0.769 bits per heavy atom. The molecule has 0 atom stereocenters. The van der Waals surface area contributed by atoms with Crippen LogP contribution in [0.4, 0.5) is 11.4 Å². The third-order valence-electron chi connectivity index (χ3n) is 6.29. The number of carbonyl (C=O) groups is 1. The molecule has 0 fully saturated rings. The van der Waals surface area contributed by atoms with Crippen molar-refractivity contribution in [3.05, 3.63) is 103 Å². The standard InChI is InChI=1S/C31H30N6OS/c1-36(2)18-19-37(3)24-20-27(22-12-6-4-7-13-22)32-28(21-24)29(38)33-26-17-11-10-16-25(26)31-35-34-30(39-31)23-14-8-5-9-15-23/h4-17,20-21H,18-19H2,1-3H3,(H,33,38). The second-order valence-corrected chi connectivity index (χ2v) is 10.4. The lowest BCUT2D eigenvalue weighted by Crippen LogP contribution is -2.28. The highest BCUT2D eigenvalue weighted by molar-refractivity contribution is 7.18. The molecule has 0 radical (unpaired) electrons. The summed E-state index contributed by atoms with van der Waals surface area (Å²) in [4.78, 5) is 22.6. The fraction of sp³-hybridized carbons (Fsp3) is 0.161. The molecular formula is C31H30N6OS. The molecule has 0 aliphatic rings. The van der Waals surface area contributed by atoms with E-state index >= 15 is 0 Å². The van der Waals surface area contributed by atoms with Gasteiger partial charge in [0.1, 0.15) is 15.7 Å². The van der Waals surface area contributed by atoms with Gasteiger partial charge in [0.2, 0.25) is 0 Å². The number of carbonyl (C=O) groups excluding carboxylic acids is 1. The van der Waals surface area contributed by atoms with E-state index in [4.69, 9.17) is 4.98 Å². The zero-order chi connectivity index (χ0) is 27.2. The molecule has 39 heavy (non-hydrogen) atoms. The van der Waals surface area contributed by atoms with Gasteiger partial charge >= 0.3 is 0 Å². The summed E-state index contributed by atoms with van der Waals surface area (Å²) >= 11 is 1.49. The van der Waals surface area contributed by atoms with Gasteiger partial charge in [-0.2, -0.15) is 0 Å². The first kappa shape index (κ1) is 26.2. The van der Waals surface area contributed by atoms with Crippen LogP contribution in [-0.4, -0.2) is 60.2 Å². The van der Waals surface area contributed by atoms with Crippen LogP contribution in [0.25, 0.3) is 32.4 Å². The number of hydrogen-bond acceptors (Lipinski definition) is 7. The lowest BCUT2D eigenvalue weighted by molar-refractivity contribution is 0.102.